The SMILES string of the molecule is Cc1cc(C)c(NC(=O)c2ccc(Cl)c(Cl)c2)c(Br)c1. The first kappa shape index (κ1) is 15.4. The van der Waals surface area contributed by atoms with Crippen LogP contribution in [0.5, 0.6) is 0 Å². The van der Waals surface area contributed by atoms with Crippen molar-refractivity contribution in [2.24, 2.45) is 0 Å². The van der Waals surface area contributed by atoms with E-state index in [0.717, 1.165) is 21.3 Å². The van der Waals surface area contributed by atoms with Gasteiger partial charge in [0.15, 0.2) is 0 Å². The van der Waals surface area contributed by atoms with Crippen molar-refractivity contribution >= 4 is 50.7 Å². The number of carbonyl (C=O) groups is 1. The predicted octanol–water partition coefficient (Wildman–Crippen LogP) is 5.63. The molecule has 2 rings (SSSR count). The second-order valence-electron chi connectivity index (χ2n) is 4.52. The maximum absolute atomic E-state index is 12.2. The molecule has 0 saturated carbocycles. The van der Waals surface area contributed by atoms with Gasteiger partial charge in [0.25, 0.3) is 5.91 Å². The number of rotatable bonds is 2. The topological polar surface area (TPSA) is 29.1 Å². The van der Waals surface area contributed by atoms with E-state index in [1.165, 1.54) is 0 Å². The van der Waals surface area contributed by atoms with Gasteiger partial charge in [-0.15, -0.1) is 0 Å². The molecule has 2 nitrogen and oxygen atoms in total. The Morgan fingerprint density at radius 1 is 1.10 bits per heavy atom. The minimum Gasteiger partial charge on any atom is -0.321 e. The summed E-state index contributed by atoms with van der Waals surface area (Å²) in [7, 11) is 0. The first-order valence-electron chi connectivity index (χ1n) is 5.91. The van der Waals surface area contributed by atoms with E-state index >= 15 is 0 Å². The Morgan fingerprint density at radius 3 is 2.40 bits per heavy atom. The Morgan fingerprint density at radius 2 is 1.80 bits per heavy atom. The lowest BCUT2D eigenvalue weighted by molar-refractivity contribution is 0.102. The number of hydrogen-bond donors (Lipinski definition) is 1. The zero-order valence-electron chi connectivity index (χ0n) is 10.9. The summed E-state index contributed by atoms with van der Waals surface area (Å²) < 4.78 is 0.850. The lowest BCUT2D eigenvalue weighted by Crippen LogP contribution is -2.13. The van der Waals surface area contributed by atoms with E-state index in [1.54, 1.807) is 18.2 Å². The van der Waals surface area contributed by atoms with Gasteiger partial charge in [-0.2, -0.15) is 0 Å². The summed E-state index contributed by atoms with van der Waals surface area (Å²) >= 11 is 15.2. The third-order valence-corrected chi connectivity index (χ3v) is 4.22. The molecular weight excluding hydrogens is 361 g/mol. The fourth-order valence-electron chi connectivity index (χ4n) is 1.90. The number of amides is 1. The Bertz CT molecular complexity index is 663. The summed E-state index contributed by atoms with van der Waals surface area (Å²) in [6.45, 7) is 3.95. The molecule has 0 aliphatic heterocycles. The van der Waals surface area contributed by atoms with E-state index in [2.05, 4.69) is 21.2 Å². The van der Waals surface area contributed by atoms with Gasteiger partial charge in [-0.3, -0.25) is 4.79 Å². The van der Waals surface area contributed by atoms with Crippen molar-refractivity contribution in [3.63, 3.8) is 0 Å². The summed E-state index contributed by atoms with van der Waals surface area (Å²) in [5.74, 6) is -0.226. The van der Waals surface area contributed by atoms with Gasteiger partial charge in [0.1, 0.15) is 0 Å². The van der Waals surface area contributed by atoms with Crippen molar-refractivity contribution in [3.05, 3.63) is 61.5 Å². The number of halogens is 3. The quantitative estimate of drug-likeness (QED) is 0.727. The third-order valence-electron chi connectivity index (χ3n) is 2.85. The van der Waals surface area contributed by atoms with Gasteiger partial charge in [-0.05, 0) is 65.2 Å². The second kappa shape index (κ2) is 6.17. The maximum atomic E-state index is 12.2. The highest BCUT2D eigenvalue weighted by molar-refractivity contribution is 9.10. The van der Waals surface area contributed by atoms with E-state index in [4.69, 9.17) is 23.2 Å². The molecule has 0 radical (unpaired) electrons. The van der Waals surface area contributed by atoms with Crippen molar-refractivity contribution in [2.45, 2.75) is 13.8 Å². The van der Waals surface area contributed by atoms with Gasteiger partial charge in [0, 0.05) is 10.0 Å². The fourth-order valence-corrected chi connectivity index (χ4v) is 2.97. The lowest BCUT2D eigenvalue weighted by atomic mass is 10.1. The van der Waals surface area contributed by atoms with E-state index < -0.39 is 0 Å². The number of benzene rings is 2. The van der Waals surface area contributed by atoms with Gasteiger partial charge in [0.2, 0.25) is 0 Å². The van der Waals surface area contributed by atoms with Crippen LogP contribution in [0.25, 0.3) is 0 Å². The van der Waals surface area contributed by atoms with Crippen LogP contribution < -0.4 is 5.32 Å². The fraction of sp³-hybridized carbons (Fsp3) is 0.133. The number of hydrogen-bond acceptors (Lipinski definition) is 1. The smallest absolute Gasteiger partial charge is 0.255 e. The van der Waals surface area contributed by atoms with Crippen LogP contribution >= 0.6 is 39.1 Å². The van der Waals surface area contributed by atoms with Gasteiger partial charge in [-0.25, -0.2) is 0 Å². The summed E-state index contributed by atoms with van der Waals surface area (Å²) in [6.07, 6.45) is 0. The lowest BCUT2D eigenvalue weighted by Gasteiger charge is -2.12. The molecular formula is C15H12BrCl2NO. The van der Waals surface area contributed by atoms with Crippen molar-refractivity contribution in [1.82, 2.24) is 0 Å². The number of nitrogens with one attached hydrogen (secondary N) is 1. The Balaban J connectivity index is 2.30. The molecule has 0 fully saturated rings. The Labute approximate surface area is 136 Å². The summed E-state index contributed by atoms with van der Waals surface area (Å²) in [6, 6.07) is 8.76. The van der Waals surface area contributed by atoms with Crippen LogP contribution in [0.3, 0.4) is 0 Å². The first-order chi connectivity index (χ1) is 9.38. The molecule has 5 heteroatoms. The zero-order chi connectivity index (χ0) is 14.9. The molecule has 2 aromatic carbocycles. The largest absolute Gasteiger partial charge is 0.321 e. The number of carbonyl (C=O) groups excluding carboxylic acids is 1. The average molecular weight is 373 g/mol. The molecule has 0 spiro atoms. The molecule has 0 aliphatic carbocycles. The molecule has 0 atom stereocenters. The number of aryl methyl sites for hydroxylation is 2. The highest BCUT2D eigenvalue weighted by Gasteiger charge is 2.12. The third kappa shape index (κ3) is 3.35. The van der Waals surface area contributed by atoms with E-state index in [9.17, 15) is 4.79 Å². The molecule has 0 saturated heterocycles. The molecule has 0 heterocycles. The number of anilines is 1. The van der Waals surface area contributed by atoms with Crippen molar-refractivity contribution < 1.29 is 4.79 Å². The Kier molecular flexibility index (Phi) is 4.74. The molecule has 2 aromatic rings. The van der Waals surface area contributed by atoms with Crippen molar-refractivity contribution in [3.8, 4) is 0 Å². The van der Waals surface area contributed by atoms with E-state index in [-0.39, 0.29) is 5.91 Å². The zero-order valence-corrected chi connectivity index (χ0v) is 14.0. The highest BCUT2D eigenvalue weighted by atomic mass is 79.9. The normalized spacial score (nSPS) is 10.4. The van der Waals surface area contributed by atoms with Crippen LogP contribution in [0.4, 0.5) is 5.69 Å². The van der Waals surface area contributed by atoms with Crippen LogP contribution in [0.15, 0.2) is 34.8 Å². The standard InChI is InChI=1S/C15H12BrCl2NO/c1-8-5-9(2)14(11(16)6-8)19-15(20)10-3-4-12(17)13(18)7-10/h3-7H,1-2H3,(H,19,20). The van der Waals surface area contributed by atoms with Crippen LogP contribution in [-0.2, 0) is 0 Å². The molecule has 0 bridgehead atoms. The van der Waals surface area contributed by atoms with E-state index in [1.807, 2.05) is 26.0 Å². The van der Waals surface area contributed by atoms with Crippen molar-refractivity contribution in [1.29, 1.82) is 0 Å². The highest BCUT2D eigenvalue weighted by Crippen LogP contribution is 2.29. The molecule has 0 aromatic heterocycles. The molecule has 1 amide bonds. The van der Waals surface area contributed by atoms with Gasteiger partial charge in [-0.1, -0.05) is 29.3 Å². The summed E-state index contributed by atoms with van der Waals surface area (Å²) in [5, 5.41) is 3.67. The molecule has 1 N–H and O–H groups in total. The Hall–Kier alpha value is -1.03. The minimum absolute atomic E-state index is 0.226. The van der Waals surface area contributed by atoms with Crippen LogP contribution in [-0.4, -0.2) is 5.91 Å². The van der Waals surface area contributed by atoms with E-state index in [0.29, 0.717) is 15.6 Å². The van der Waals surface area contributed by atoms with Gasteiger partial charge in [0.05, 0.1) is 15.7 Å². The second-order valence-corrected chi connectivity index (χ2v) is 6.19. The van der Waals surface area contributed by atoms with Crippen LogP contribution in [0.1, 0.15) is 21.5 Å². The molecule has 0 unspecified atom stereocenters. The molecule has 104 valence electrons. The molecule has 20 heavy (non-hydrogen) atoms. The summed E-state index contributed by atoms with van der Waals surface area (Å²) in [5.41, 5.74) is 3.34. The first-order valence-corrected chi connectivity index (χ1v) is 7.46. The van der Waals surface area contributed by atoms with Gasteiger partial charge < -0.3 is 5.32 Å². The monoisotopic (exact) mass is 371 g/mol. The maximum Gasteiger partial charge on any atom is 0.255 e. The minimum atomic E-state index is -0.226. The molecule has 0 aliphatic rings. The van der Waals surface area contributed by atoms with Crippen LogP contribution in [0, 0.1) is 13.8 Å². The van der Waals surface area contributed by atoms with Crippen LogP contribution in [0.2, 0.25) is 10.0 Å². The predicted molar refractivity (Wildman–Crippen MR) is 88.0 cm³/mol. The average Bonchev–Trinajstić information content (AvgIpc) is 2.36. The van der Waals surface area contributed by atoms with Gasteiger partial charge >= 0.3 is 0 Å². The van der Waals surface area contributed by atoms with Crippen molar-refractivity contribution in [2.75, 3.05) is 5.32 Å². The summed E-state index contributed by atoms with van der Waals surface area (Å²) in [4.78, 5) is 12.2.